The van der Waals surface area contributed by atoms with Crippen molar-refractivity contribution in [2.24, 2.45) is 0 Å². The topological polar surface area (TPSA) is 9.23 Å². The first-order valence-corrected chi connectivity index (χ1v) is 4.95. The molecule has 0 N–H and O–H groups in total. The van der Waals surface area contributed by atoms with Gasteiger partial charge in [-0.3, -0.25) is 0 Å². The van der Waals surface area contributed by atoms with Crippen molar-refractivity contribution in [3.05, 3.63) is 42.0 Å². The third-order valence-electron chi connectivity index (χ3n) is 1.74. The molecule has 1 aromatic carbocycles. The smallest absolute Gasteiger partial charge is 0.135 e. The van der Waals surface area contributed by atoms with Crippen molar-refractivity contribution in [1.29, 1.82) is 0 Å². The van der Waals surface area contributed by atoms with E-state index in [0.29, 0.717) is 0 Å². The van der Waals surface area contributed by atoms with Crippen molar-refractivity contribution in [1.82, 2.24) is 0 Å². The number of fused-ring (bicyclic) bond motifs is 1. The summed E-state index contributed by atoms with van der Waals surface area (Å²) in [5.74, 6) is 1.62. The number of rotatable bonds is 2. The summed E-state index contributed by atoms with van der Waals surface area (Å²) in [6, 6.07) is 8.12. The molecule has 2 rings (SSSR count). The molecule has 2 heteroatoms. The molecule has 0 aliphatic carbocycles. The number of allylic oxidation sites excluding steroid dienone is 1. The Morgan fingerprint density at radius 3 is 3.00 bits per heavy atom. The Balaban J connectivity index is 2.54. The highest BCUT2D eigenvalue weighted by Crippen LogP contribution is 2.30. The molecule has 1 aromatic heterocycles. The lowest BCUT2D eigenvalue weighted by Gasteiger charge is -2.04. The van der Waals surface area contributed by atoms with Crippen molar-refractivity contribution in [3.63, 3.8) is 0 Å². The second kappa shape index (κ2) is 3.23. The van der Waals surface area contributed by atoms with Gasteiger partial charge in [-0.15, -0.1) is 11.3 Å². The van der Waals surface area contributed by atoms with E-state index in [9.17, 15) is 0 Å². The van der Waals surface area contributed by atoms with E-state index in [1.165, 1.54) is 4.70 Å². The van der Waals surface area contributed by atoms with Crippen LogP contribution in [0.4, 0.5) is 0 Å². The van der Waals surface area contributed by atoms with Crippen LogP contribution in [0, 0.1) is 0 Å². The molecule has 0 bridgehead atoms. The molecule has 0 unspecified atom stereocenters. The van der Waals surface area contributed by atoms with Gasteiger partial charge in [0.1, 0.15) is 5.75 Å². The summed E-state index contributed by atoms with van der Waals surface area (Å²) < 4.78 is 6.75. The molecule has 13 heavy (non-hydrogen) atoms. The van der Waals surface area contributed by atoms with Crippen molar-refractivity contribution in [2.45, 2.75) is 6.92 Å². The highest BCUT2D eigenvalue weighted by atomic mass is 32.1. The molecule has 0 aliphatic heterocycles. The van der Waals surface area contributed by atoms with Crippen molar-refractivity contribution in [3.8, 4) is 5.75 Å². The minimum atomic E-state index is 0.721. The molecule has 0 saturated heterocycles. The lowest BCUT2D eigenvalue weighted by molar-refractivity contribution is 0.435. The summed E-state index contributed by atoms with van der Waals surface area (Å²) in [6.45, 7) is 5.58. The number of thiophene rings is 1. The summed E-state index contributed by atoms with van der Waals surface area (Å²) in [4.78, 5) is 0. The molecule has 1 heterocycles. The van der Waals surface area contributed by atoms with Crippen LogP contribution in [0.1, 0.15) is 6.92 Å². The summed E-state index contributed by atoms with van der Waals surface area (Å²) >= 11 is 1.72. The minimum absolute atomic E-state index is 0.721. The first-order valence-electron chi connectivity index (χ1n) is 4.07. The van der Waals surface area contributed by atoms with E-state index in [4.69, 9.17) is 4.74 Å². The molecule has 2 aromatic rings. The van der Waals surface area contributed by atoms with Crippen LogP contribution < -0.4 is 4.74 Å². The zero-order chi connectivity index (χ0) is 9.26. The number of benzene rings is 1. The molecular weight excluding hydrogens is 180 g/mol. The number of hydrogen-bond donors (Lipinski definition) is 0. The summed E-state index contributed by atoms with van der Waals surface area (Å²) in [5.41, 5.74) is 0. The van der Waals surface area contributed by atoms with Gasteiger partial charge in [-0.05, 0) is 30.5 Å². The average Bonchev–Trinajstić information content (AvgIpc) is 2.51. The number of ether oxygens (including phenoxy) is 1. The van der Waals surface area contributed by atoms with Gasteiger partial charge in [0.25, 0.3) is 0 Å². The second-order valence-electron chi connectivity index (χ2n) is 2.89. The van der Waals surface area contributed by atoms with E-state index in [1.54, 1.807) is 11.3 Å². The quantitative estimate of drug-likeness (QED) is 0.654. The van der Waals surface area contributed by atoms with Gasteiger partial charge in [0, 0.05) is 10.1 Å². The molecular formula is C11H10OS. The van der Waals surface area contributed by atoms with E-state index < -0.39 is 0 Å². The van der Waals surface area contributed by atoms with Crippen LogP contribution in [0.5, 0.6) is 5.75 Å². The molecule has 0 atom stereocenters. The third kappa shape index (κ3) is 1.58. The predicted octanol–water partition coefficient (Wildman–Crippen LogP) is 3.81. The van der Waals surface area contributed by atoms with Gasteiger partial charge in [-0.1, -0.05) is 12.6 Å². The van der Waals surface area contributed by atoms with Crippen LogP contribution >= 0.6 is 11.3 Å². The molecule has 0 amide bonds. The van der Waals surface area contributed by atoms with Crippen LogP contribution in [-0.2, 0) is 0 Å². The maximum absolute atomic E-state index is 5.50. The van der Waals surface area contributed by atoms with Crippen molar-refractivity contribution < 1.29 is 4.74 Å². The fourth-order valence-electron chi connectivity index (χ4n) is 1.24. The van der Waals surface area contributed by atoms with E-state index in [0.717, 1.165) is 16.9 Å². The largest absolute Gasteiger partial charge is 0.462 e. The van der Waals surface area contributed by atoms with Crippen LogP contribution in [0.2, 0.25) is 0 Å². The maximum atomic E-state index is 5.50. The van der Waals surface area contributed by atoms with Crippen LogP contribution in [0.15, 0.2) is 42.0 Å². The zero-order valence-corrected chi connectivity index (χ0v) is 8.23. The first kappa shape index (κ1) is 8.32. The van der Waals surface area contributed by atoms with Gasteiger partial charge >= 0.3 is 0 Å². The Labute approximate surface area is 81.3 Å². The van der Waals surface area contributed by atoms with Crippen LogP contribution in [-0.4, -0.2) is 0 Å². The van der Waals surface area contributed by atoms with E-state index in [-0.39, 0.29) is 0 Å². The second-order valence-corrected chi connectivity index (χ2v) is 3.84. The molecule has 1 nitrogen and oxygen atoms in total. The average molecular weight is 190 g/mol. The monoisotopic (exact) mass is 190 g/mol. The highest BCUT2D eigenvalue weighted by molar-refractivity contribution is 7.17. The zero-order valence-electron chi connectivity index (χ0n) is 7.41. The highest BCUT2D eigenvalue weighted by Gasteiger charge is 2.01. The first-order chi connectivity index (χ1) is 6.27. The number of hydrogen-bond acceptors (Lipinski definition) is 2. The molecule has 0 fully saturated rings. The fourth-order valence-corrected chi connectivity index (χ4v) is 2.05. The van der Waals surface area contributed by atoms with Crippen molar-refractivity contribution in [2.75, 3.05) is 0 Å². The fraction of sp³-hybridized carbons (Fsp3) is 0.0909. The molecule has 66 valence electrons. The SMILES string of the molecule is C=C(C)Oc1cccc2sccc12. The Morgan fingerprint density at radius 1 is 1.38 bits per heavy atom. The van der Waals surface area contributed by atoms with Gasteiger partial charge < -0.3 is 4.74 Å². The van der Waals surface area contributed by atoms with E-state index in [1.807, 2.05) is 19.1 Å². The van der Waals surface area contributed by atoms with Gasteiger partial charge in [0.05, 0.1) is 5.76 Å². The van der Waals surface area contributed by atoms with Crippen LogP contribution in [0.25, 0.3) is 10.1 Å². The van der Waals surface area contributed by atoms with Crippen LogP contribution in [0.3, 0.4) is 0 Å². The Bertz CT molecular complexity index is 442. The van der Waals surface area contributed by atoms with E-state index in [2.05, 4.69) is 24.1 Å². The summed E-state index contributed by atoms with van der Waals surface area (Å²) in [5, 5.41) is 3.23. The lowest BCUT2D eigenvalue weighted by atomic mass is 10.2. The van der Waals surface area contributed by atoms with Gasteiger partial charge in [-0.25, -0.2) is 0 Å². The predicted molar refractivity (Wildman–Crippen MR) is 57.3 cm³/mol. The van der Waals surface area contributed by atoms with Crippen molar-refractivity contribution >= 4 is 21.4 Å². The molecule has 0 saturated carbocycles. The van der Waals surface area contributed by atoms with E-state index >= 15 is 0 Å². The Hall–Kier alpha value is -1.28. The lowest BCUT2D eigenvalue weighted by Crippen LogP contribution is -1.87. The van der Waals surface area contributed by atoms with Gasteiger partial charge in [0.15, 0.2) is 0 Å². The third-order valence-corrected chi connectivity index (χ3v) is 2.62. The molecule has 0 aliphatic rings. The minimum Gasteiger partial charge on any atom is -0.462 e. The molecule has 0 radical (unpaired) electrons. The summed E-state index contributed by atoms with van der Waals surface area (Å²) in [7, 11) is 0. The Kier molecular flexibility index (Phi) is 2.07. The van der Waals surface area contributed by atoms with Gasteiger partial charge in [0.2, 0.25) is 0 Å². The maximum Gasteiger partial charge on any atom is 0.135 e. The Morgan fingerprint density at radius 2 is 2.23 bits per heavy atom. The molecule has 0 spiro atoms. The van der Waals surface area contributed by atoms with Gasteiger partial charge in [-0.2, -0.15) is 0 Å². The normalized spacial score (nSPS) is 10.2. The summed E-state index contributed by atoms with van der Waals surface area (Å²) in [6.07, 6.45) is 0. The standard InChI is InChI=1S/C11H10OS/c1-8(2)12-10-4-3-5-11-9(10)6-7-13-11/h3-7H,1H2,2H3.